The quantitative estimate of drug-likeness (QED) is 0.771. The summed E-state index contributed by atoms with van der Waals surface area (Å²) in [6.45, 7) is 12.7. The van der Waals surface area contributed by atoms with Gasteiger partial charge in [-0.1, -0.05) is 40.5 Å². The highest BCUT2D eigenvalue weighted by atomic mass is 15.2. The number of likely N-dealkylation sites (tertiary alicyclic amines) is 1. The summed E-state index contributed by atoms with van der Waals surface area (Å²) in [5, 5.41) is 0. The zero-order chi connectivity index (χ0) is 12.9. The molecule has 1 rings (SSSR count). The third kappa shape index (κ3) is 3.23. The Morgan fingerprint density at radius 3 is 2.12 bits per heavy atom. The van der Waals surface area contributed by atoms with Crippen LogP contribution in [0.1, 0.15) is 66.2 Å². The Morgan fingerprint density at radius 2 is 1.76 bits per heavy atom. The third-order valence-corrected chi connectivity index (χ3v) is 5.25. The molecule has 17 heavy (non-hydrogen) atoms. The molecule has 1 unspecified atom stereocenters. The number of nitrogens with two attached hydrogens (primary N) is 1. The summed E-state index contributed by atoms with van der Waals surface area (Å²) in [7, 11) is 0. The van der Waals surface area contributed by atoms with E-state index in [1.54, 1.807) is 0 Å². The molecule has 2 N–H and O–H groups in total. The molecule has 0 bridgehead atoms. The van der Waals surface area contributed by atoms with Gasteiger partial charge in [0.2, 0.25) is 0 Å². The fraction of sp³-hybridized carbons (Fsp3) is 1.00. The molecule has 1 saturated heterocycles. The Kier molecular flexibility index (Phi) is 5.46. The largest absolute Gasteiger partial charge is 0.329 e. The lowest BCUT2D eigenvalue weighted by Gasteiger charge is -2.49. The summed E-state index contributed by atoms with van der Waals surface area (Å²) < 4.78 is 0. The molecule has 1 heterocycles. The topological polar surface area (TPSA) is 29.3 Å². The first kappa shape index (κ1) is 15.0. The van der Waals surface area contributed by atoms with Crippen LogP contribution in [0.3, 0.4) is 0 Å². The highest BCUT2D eigenvalue weighted by Crippen LogP contribution is 2.37. The maximum absolute atomic E-state index is 6.09. The zero-order valence-electron chi connectivity index (χ0n) is 12.4. The Bertz CT molecular complexity index is 213. The predicted molar refractivity (Wildman–Crippen MR) is 76.2 cm³/mol. The maximum Gasteiger partial charge on any atom is 0.0329 e. The second-order valence-electron chi connectivity index (χ2n) is 6.18. The van der Waals surface area contributed by atoms with Crippen LogP contribution in [0.5, 0.6) is 0 Å². The minimum atomic E-state index is 0.282. The number of nitrogens with zero attached hydrogens (tertiary/aromatic N) is 1. The van der Waals surface area contributed by atoms with Gasteiger partial charge in [0.15, 0.2) is 0 Å². The molecule has 2 heteroatoms. The molecule has 0 aromatic carbocycles. The first-order valence-corrected chi connectivity index (χ1v) is 7.51. The minimum Gasteiger partial charge on any atom is -0.329 e. The number of rotatable bonds is 6. The minimum absolute atomic E-state index is 0.282. The van der Waals surface area contributed by atoms with Gasteiger partial charge in [-0.25, -0.2) is 0 Å². The predicted octanol–water partition coefficient (Wildman–Crippen LogP) is 3.41. The van der Waals surface area contributed by atoms with Gasteiger partial charge in [0.05, 0.1) is 0 Å². The van der Waals surface area contributed by atoms with Gasteiger partial charge in [0.1, 0.15) is 0 Å². The van der Waals surface area contributed by atoms with Gasteiger partial charge < -0.3 is 5.73 Å². The van der Waals surface area contributed by atoms with Gasteiger partial charge in [0, 0.05) is 12.1 Å². The monoisotopic (exact) mass is 240 g/mol. The van der Waals surface area contributed by atoms with Crippen molar-refractivity contribution in [1.29, 1.82) is 0 Å². The van der Waals surface area contributed by atoms with E-state index in [1.165, 1.54) is 51.6 Å². The van der Waals surface area contributed by atoms with E-state index in [1.807, 2.05) is 0 Å². The molecule has 0 amide bonds. The summed E-state index contributed by atoms with van der Waals surface area (Å²) in [6, 6.07) is 0. The van der Waals surface area contributed by atoms with Crippen LogP contribution in [0, 0.1) is 5.41 Å². The van der Waals surface area contributed by atoms with E-state index in [0.717, 1.165) is 6.54 Å². The summed E-state index contributed by atoms with van der Waals surface area (Å²) in [6.07, 6.45) is 7.69. The molecule has 1 atom stereocenters. The highest BCUT2D eigenvalue weighted by Gasteiger charge is 2.38. The van der Waals surface area contributed by atoms with E-state index in [-0.39, 0.29) is 5.54 Å². The molecule has 0 saturated carbocycles. The van der Waals surface area contributed by atoms with Gasteiger partial charge in [-0.2, -0.15) is 0 Å². The summed E-state index contributed by atoms with van der Waals surface area (Å²) in [5.74, 6) is 0. The molecule has 2 nitrogen and oxygen atoms in total. The fourth-order valence-electron chi connectivity index (χ4n) is 3.27. The molecule has 0 aromatic rings. The van der Waals surface area contributed by atoms with E-state index >= 15 is 0 Å². The second kappa shape index (κ2) is 6.19. The first-order chi connectivity index (χ1) is 8.05. The number of piperidine rings is 1. The molecular weight excluding hydrogens is 208 g/mol. The average Bonchev–Trinajstić information content (AvgIpc) is 2.37. The average molecular weight is 240 g/mol. The van der Waals surface area contributed by atoms with E-state index in [9.17, 15) is 0 Å². The zero-order valence-corrected chi connectivity index (χ0v) is 12.4. The Labute approximate surface area is 108 Å². The Balaban J connectivity index is 2.66. The van der Waals surface area contributed by atoms with Crippen molar-refractivity contribution in [3.8, 4) is 0 Å². The molecule has 102 valence electrons. The maximum atomic E-state index is 6.09. The molecular formula is C15H32N2. The highest BCUT2D eigenvalue weighted by molar-refractivity contribution is 4.94. The van der Waals surface area contributed by atoms with Crippen molar-refractivity contribution in [2.75, 3.05) is 19.6 Å². The van der Waals surface area contributed by atoms with E-state index in [2.05, 4.69) is 32.6 Å². The van der Waals surface area contributed by atoms with Crippen molar-refractivity contribution in [2.45, 2.75) is 71.8 Å². The van der Waals surface area contributed by atoms with Crippen LogP contribution in [0.15, 0.2) is 0 Å². The standard InChI is InChI=1S/C15H32N2/c1-5-8-15(7-3,13-16)17-11-9-14(4,6-2)10-12-17/h5-13,16H2,1-4H3. The lowest BCUT2D eigenvalue weighted by molar-refractivity contribution is 0.0168. The summed E-state index contributed by atoms with van der Waals surface area (Å²) in [5.41, 5.74) is 6.96. The molecule has 0 aromatic heterocycles. The smallest absolute Gasteiger partial charge is 0.0329 e. The van der Waals surface area contributed by atoms with Gasteiger partial charge in [-0.05, 0) is 44.2 Å². The van der Waals surface area contributed by atoms with Crippen LogP contribution < -0.4 is 5.73 Å². The van der Waals surface area contributed by atoms with E-state index < -0.39 is 0 Å². The fourth-order valence-corrected chi connectivity index (χ4v) is 3.27. The molecule has 1 aliphatic heterocycles. The van der Waals surface area contributed by atoms with Crippen molar-refractivity contribution in [2.24, 2.45) is 11.1 Å². The van der Waals surface area contributed by atoms with Crippen molar-refractivity contribution in [3.05, 3.63) is 0 Å². The van der Waals surface area contributed by atoms with E-state index in [4.69, 9.17) is 5.73 Å². The molecule has 0 aliphatic carbocycles. The molecule has 1 aliphatic rings. The van der Waals surface area contributed by atoms with Crippen molar-refractivity contribution < 1.29 is 0 Å². The molecule has 0 radical (unpaired) electrons. The second-order valence-corrected chi connectivity index (χ2v) is 6.18. The summed E-state index contributed by atoms with van der Waals surface area (Å²) in [4.78, 5) is 2.69. The van der Waals surface area contributed by atoms with Crippen molar-refractivity contribution in [1.82, 2.24) is 4.90 Å². The molecule has 1 fully saturated rings. The van der Waals surface area contributed by atoms with Crippen LogP contribution >= 0.6 is 0 Å². The number of hydrogen-bond acceptors (Lipinski definition) is 2. The van der Waals surface area contributed by atoms with Crippen molar-refractivity contribution >= 4 is 0 Å². The normalized spacial score (nSPS) is 24.5. The Hall–Kier alpha value is -0.0800. The van der Waals surface area contributed by atoms with Crippen LogP contribution in [0.25, 0.3) is 0 Å². The third-order valence-electron chi connectivity index (χ3n) is 5.25. The first-order valence-electron chi connectivity index (χ1n) is 7.51. The van der Waals surface area contributed by atoms with Crippen LogP contribution in [-0.4, -0.2) is 30.1 Å². The van der Waals surface area contributed by atoms with Crippen LogP contribution in [0.2, 0.25) is 0 Å². The molecule has 0 spiro atoms. The lowest BCUT2D eigenvalue weighted by Crippen LogP contribution is -2.57. The van der Waals surface area contributed by atoms with Gasteiger partial charge >= 0.3 is 0 Å². The SMILES string of the molecule is CCCC(CC)(CN)N1CCC(C)(CC)CC1. The van der Waals surface area contributed by atoms with Crippen molar-refractivity contribution in [3.63, 3.8) is 0 Å². The van der Waals surface area contributed by atoms with Crippen LogP contribution in [-0.2, 0) is 0 Å². The van der Waals surface area contributed by atoms with Gasteiger partial charge in [0.25, 0.3) is 0 Å². The number of hydrogen-bond donors (Lipinski definition) is 1. The van der Waals surface area contributed by atoms with E-state index in [0.29, 0.717) is 5.41 Å². The van der Waals surface area contributed by atoms with Crippen LogP contribution in [0.4, 0.5) is 0 Å². The van der Waals surface area contributed by atoms with Gasteiger partial charge in [-0.3, -0.25) is 4.90 Å². The Morgan fingerprint density at radius 1 is 1.18 bits per heavy atom. The summed E-state index contributed by atoms with van der Waals surface area (Å²) >= 11 is 0. The van der Waals surface area contributed by atoms with Gasteiger partial charge in [-0.15, -0.1) is 0 Å². The lowest BCUT2D eigenvalue weighted by atomic mass is 9.76.